The third kappa shape index (κ3) is 5.57. The molecule has 1 saturated heterocycles. The molecule has 10 heteroatoms. The molecule has 0 unspecified atom stereocenters. The fourth-order valence-corrected chi connectivity index (χ4v) is 5.24. The van der Waals surface area contributed by atoms with Gasteiger partial charge in [-0.05, 0) is 61.7 Å². The highest BCUT2D eigenvalue weighted by Gasteiger charge is 2.21. The van der Waals surface area contributed by atoms with Crippen molar-refractivity contribution in [2.45, 2.75) is 32.4 Å². The monoisotopic (exact) mass is 457 g/mol. The number of benzene rings is 2. The van der Waals surface area contributed by atoms with Crippen LogP contribution in [0.1, 0.15) is 24.0 Å². The summed E-state index contributed by atoms with van der Waals surface area (Å²) in [4.78, 5) is 4.83. The Morgan fingerprint density at radius 2 is 2.09 bits per heavy atom. The lowest BCUT2D eigenvalue weighted by atomic mass is 10.0. The molecule has 3 aromatic rings. The molecule has 172 valence electrons. The molecule has 0 saturated carbocycles. The summed E-state index contributed by atoms with van der Waals surface area (Å²) in [6, 6.07) is 12.4. The Morgan fingerprint density at radius 3 is 2.91 bits per heavy atom. The number of H-pyrrole nitrogens is 1. The summed E-state index contributed by atoms with van der Waals surface area (Å²) in [5.41, 5.74) is 4.80. The van der Waals surface area contributed by atoms with Crippen LogP contribution in [0, 0.1) is 6.92 Å². The van der Waals surface area contributed by atoms with Crippen molar-refractivity contribution in [3.05, 3.63) is 53.7 Å². The lowest BCUT2D eigenvalue weighted by molar-refractivity contribution is 0.208. The number of rotatable bonds is 8. The number of aromatic amines is 1. The van der Waals surface area contributed by atoms with E-state index in [0.29, 0.717) is 11.7 Å². The Labute approximate surface area is 189 Å². The number of aromatic nitrogens is 2. The SMILES string of the molecule is Cc1c(CN2CCC[C@H](Nc3ccc4[nH]ncc4c3)C2)cccc1NS(=O)(=O)NN(C)C. The van der Waals surface area contributed by atoms with Crippen LogP contribution in [0.2, 0.25) is 0 Å². The summed E-state index contributed by atoms with van der Waals surface area (Å²) < 4.78 is 27.1. The van der Waals surface area contributed by atoms with Gasteiger partial charge in [-0.15, -0.1) is 4.83 Å². The van der Waals surface area contributed by atoms with Gasteiger partial charge in [0.25, 0.3) is 0 Å². The van der Waals surface area contributed by atoms with E-state index in [0.717, 1.165) is 60.2 Å². The van der Waals surface area contributed by atoms with E-state index in [1.807, 2.05) is 25.3 Å². The standard InChI is InChI=1S/C22H31N7O2S/c1-16-17(6-4-8-21(16)26-32(30,31)27-28(2)3)14-29-11-5-7-20(15-29)24-19-9-10-22-18(12-19)13-23-25-22/h4,6,8-10,12-13,20,24,26-27H,5,7,11,14-15H2,1-3H3,(H,23,25)/t20-/m0/s1. The molecule has 1 aliphatic heterocycles. The second-order valence-electron chi connectivity index (χ2n) is 8.57. The van der Waals surface area contributed by atoms with Gasteiger partial charge in [0.1, 0.15) is 0 Å². The van der Waals surface area contributed by atoms with Crippen LogP contribution in [0.4, 0.5) is 11.4 Å². The van der Waals surface area contributed by atoms with Gasteiger partial charge in [-0.1, -0.05) is 12.1 Å². The molecule has 0 spiro atoms. The Balaban J connectivity index is 1.41. The minimum Gasteiger partial charge on any atom is -0.381 e. The molecule has 32 heavy (non-hydrogen) atoms. The zero-order chi connectivity index (χ0) is 22.7. The lowest BCUT2D eigenvalue weighted by Crippen LogP contribution is -2.41. The van der Waals surface area contributed by atoms with Crippen molar-refractivity contribution >= 4 is 32.5 Å². The van der Waals surface area contributed by atoms with E-state index >= 15 is 0 Å². The van der Waals surface area contributed by atoms with E-state index in [9.17, 15) is 8.42 Å². The first kappa shape index (κ1) is 22.5. The molecule has 1 aromatic heterocycles. The van der Waals surface area contributed by atoms with Crippen LogP contribution in [-0.4, -0.2) is 61.8 Å². The largest absolute Gasteiger partial charge is 0.381 e. The number of anilines is 2. The predicted octanol–water partition coefficient (Wildman–Crippen LogP) is 2.67. The number of hydrogen-bond donors (Lipinski definition) is 4. The Hall–Kier alpha value is -2.66. The van der Waals surface area contributed by atoms with E-state index in [1.165, 1.54) is 5.01 Å². The minimum absolute atomic E-state index is 0.361. The number of nitrogens with one attached hydrogen (secondary N) is 4. The molecule has 1 atom stereocenters. The second kappa shape index (κ2) is 9.45. The van der Waals surface area contributed by atoms with Crippen molar-refractivity contribution in [3.8, 4) is 0 Å². The summed E-state index contributed by atoms with van der Waals surface area (Å²) in [7, 11) is -0.394. The van der Waals surface area contributed by atoms with Gasteiger partial charge < -0.3 is 5.32 Å². The summed E-state index contributed by atoms with van der Waals surface area (Å²) in [5.74, 6) is 0. The molecule has 1 aliphatic rings. The molecule has 4 rings (SSSR count). The summed E-state index contributed by atoms with van der Waals surface area (Å²) >= 11 is 0. The topological polar surface area (TPSA) is 105 Å². The van der Waals surface area contributed by atoms with Gasteiger partial charge in [-0.25, -0.2) is 5.01 Å². The van der Waals surface area contributed by atoms with E-state index in [-0.39, 0.29) is 0 Å². The number of hydrogen-bond acceptors (Lipinski definition) is 6. The van der Waals surface area contributed by atoms with Crippen LogP contribution in [-0.2, 0) is 16.8 Å². The fourth-order valence-electron chi connectivity index (χ4n) is 4.20. The number of fused-ring (bicyclic) bond motifs is 1. The molecular weight excluding hydrogens is 426 g/mol. The summed E-state index contributed by atoms with van der Waals surface area (Å²) in [6.07, 6.45) is 4.07. The van der Waals surface area contributed by atoms with Gasteiger partial charge >= 0.3 is 10.2 Å². The predicted molar refractivity (Wildman–Crippen MR) is 129 cm³/mol. The third-order valence-electron chi connectivity index (χ3n) is 5.70. The Kier molecular flexibility index (Phi) is 6.66. The first-order valence-electron chi connectivity index (χ1n) is 10.8. The van der Waals surface area contributed by atoms with Gasteiger partial charge in [0.15, 0.2) is 0 Å². The number of hydrazine groups is 1. The number of likely N-dealkylation sites (tertiary alicyclic amines) is 1. The van der Waals surface area contributed by atoms with E-state index in [1.54, 1.807) is 20.2 Å². The smallest absolute Gasteiger partial charge is 0.312 e. The molecule has 0 aliphatic carbocycles. The van der Waals surface area contributed by atoms with Crippen LogP contribution >= 0.6 is 0 Å². The van der Waals surface area contributed by atoms with Crippen LogP contribution in [0.5, 0.6) is 0 Å². The van der Waals surface area contributed by atoms with Gasteiger partial charge in [0, 0.05) is 44.3 Å². The Morgan fingerprint density at radius 1 is 1.25 bits per heavy atom. The highest BCUT2D eigenvalue weighted by atomic mass is 32.2. The number of piperidine rings is 1. The maximum absolute atomic E-state index is 12.3. The second-order valence-corrected chi connectivity index (χ2v) is 9.97. The molecular formula is C22H31N7O2S. The first-order chi connectivity index (χ1) is 15.3. The average Bonchev–Trinajstić information content (AvgIpc) is 3.18. The lowest BCUT2D eigenvalue weighted by Gasteiger charge is -2.34. The van der Waals surface area contributed by atoms with E-state index in [4.69, 9.17) is 0 Å². The van der Waals surface area contributed by atoms with Crippen LogP contribution in [0.25, 0.3) is 10.9 Å². The molecule has 4 N–H and O–H groups in total. The maximum Gasteiger partial charge on any atom is 0.312 e. The molecule has 1 fully saturated rings. The molecule has 9 nitrogen and oxygen atoms in total. The van der Waals surface area contributed by atoms with Crippen LogP contribution in [0.15, 0.2) is 42.6 Å². The summed E-state index contributed by atoms with van der Waals surface area (Å²) in [5, 5.41) is 13.2. The van der Waals surface area contributed by atoms with Crippen LogP contribution < -0.4 is 14.9 Å². The van der Waals surface area contributed by atoms with Crippen molar-refractivity contribution in [2.24, 2.45) is 0 Å². The average molecular weight is 458 g/mol. The molecule has 0 amide bonds. The molecule has 0 bridgehead atoms. The van der Waals surface area contributed by atoms with Gasteiger partial charge in [-0.2, -0.15) is 13.5 Å². The number of nitrogens with zero attached hydrogens (tertiary/aromatic N) is 3. The molecule has 2 heterocycles. The highest BCUT2D eigenvalue weighted by molar-refractivity contribution is 7.90. The van der Waals surface area contributed by atoms with Gasteiger partial charge in [0.05, 0.1) is 17.4 Å². The Bertz CT molecular complexity index is 1180. The zero-order valence-electron chi connectivity index (χ0n) is 18.7. The van der Waals surface area contributed by atoms with Crippen molar-refractivity contribution in [2.75, 3.05) is 37.2 Å². The van der Waals surface area contributed by atoms with Crippen molar-refractivity contribution < 1.29 is 8.42 Å². The van der Waals surface area contributed by atoms with E-state index in [2.05, 4.69) is 48.2 Å². The van der Waals surface area contributed by atoms with Gasteiger partial charge in [0.2, 0.25) is 0 Å². The third-order valence-corrected chi connectivity index (χ3v) is 6.80. The van der Waals surface area contributed by atoms with Crippen LogP contribution in [0.3, 0.4) is 0 Å². The zero-order valence-corrected chi connectivity index (χ0v) is 19.5. The highest BCUT2D eigenvalue weighted by Crippen LogP contribution is 2.24. The van der Waals surface area contributed by atoms with Crippen molar-refractivity contribution in [3.63, 3.8) is 0 Å². The first-order valence-corrected chi connectivity index (χ1v) is 12.3. The van der Waals surface area contributed by atoms with E-state index < -0.39 is 10.2 Å². The minimum atomic E-state index is -3.67. The fraction of sp³-hybridized carbons (Fsp3) is 0.409. The maximum atomic E-state index is 12.3. The normalized spacial score (nSPS) is 17.7. The quantitative estimate of drug-likeness (QED) is 0.388. The summed E-state index contributed by atoms with van der Waals surface area (Å²) in [6.45, 7) is 4.70. The van der Waals surface area contributed by atoms with Crippen molar-refractivity contribution in [1.82, 2.24) is 24.9 Å². The molecule has 0 radical (unpaired) electrons. The van der Waals surface area contributed by atoms with Gasteiger partial charge in [-0.3, -0.25) is 14.7 Å². The molecule has 2 aromatic carbocycles. The van der Waals surface area contributed by atoms with Crippen molar-refractivity contribution in [1.29, 1.82) is 0 Å².